The number of ether oxygens (including phenoxy) is 1. The zero-order valence-corrected chi connectivity index (χ0v) is 14.7. The van der Waals surface area contributed by atoms with Gasteiger partial charge in [-0.15, -0.1) is 0 Å². The van der Waals surface area contributed by atoms with Crippen LogP contribution in [0.15, 0.2) is 24.5 Å². The standard InChI is InChI=1S/C15H24N4O4S/c1-24(21,22)19(6-5-18-7-9-23-10-8-18)13-15(20)17-12-14-3-2-4-16-11-14/h2-4,11H,5-10,12-13H2,1H3,(H,17,20). The summed E-state index contributed by atoms with van der Waals surface area (Å²) in [4.78, 5) is 18.2. The van der Waals surface area contributed by atoms with E-state index in [1.165, 1.54) is 4.31 Å². The van der Waals surface area contributed by atoms with Gasteiger partial charge in [-0.1, -0.05) is 6.07 Å². The molecule has 1 aliphatic heterocycles. The van der Waals surface area contributed by atoms with Gasteiger partial charge in [-0.3, -0.25) is 14.7 Å². The molecule has 1 aliphatic rings. The minimum atomic E-state index is -3.44. The molecule has 0 saturated carbocycles. The van der Waals surface area contributed by atoms with Crippen LogP contribution in [0, 0.1) is 0 Å². The molecule has 134 valence electrons. The van der Waals surface area contributed by atoms with Crippen molar-refractivity contribution in [1.29, 1.82) is 0 Å². The fourth-order valence-corrected chi connectivity index (χ4v) is 3.12. The summed E-state index contributed by atoms with van der Waals surface area (Å²) in [6, 6.07) is 3.63. The van der Waals surface area contributed by atoms with E-state index in [1.54, 1.807) is 18.5 Å². The summed E-state index contributed by atoms with van der Waals surface area (Å²) < 4.78 is 30.3. The molecule has 0 bridgehead atoms. The lowest BCUT2D eigenvalue weighted by molar-refractivity contribution is -0.121. The monoisotopic (exact) mass is 356 g/mol. The van der Waals surface area contributed by atoms with Gasteiger partial charge in [-0.2, -0.15) is 4.31 Å². The van der Waals surface area contributed by atoms with Crippen molar-refractivity contribution < 1.29 is 17.9 Å². The maximum Gasteiger partial charge on any atom is 0.235 e. The minimum Gasteiger partial charge on any atom is -0.379 e. The highest BCUT2D eigenvalue weighted by Crippen LogP contribution is 2.02. The Balaban J connectivity index is 1.82. The summed E-state index contributed by atoms with van der Waals surface area (Å²) in [5.74, 6) is -0.328. The Bertz CT molecular complexity index is 618. The lowest BCUT2D eigenvalue weighted by atomic mass is 10.3. The van der Waals surface area contributed by atoms with Gasteiger partial charge in [0.1, 0.15) is 0 Å². The van der Waals surface area contributed by atoms with Gasteiger partial charge in [0, 0.05) is 45.1 Å². The van der Waals surface area contributed by atoms with Gasteiger partial charge < -0.3 is 10.1 Å². The molecule has 0 radical (unpaired) electrons. The predicted molar refractivity (Wildman–Crippen MR) is 89.8 cm³/mol. The van der Waals surface area contributed by atoms with Crippen LogP contribution >= 0.6 is 0 Å². The summed E-state index contributed by atoms with van der Waals surface area (Å²) in [7, 11) is -3.44. The van der Waals surface area contributed by atoms with Crippen LogP contribution in [0.5, 0.6) is 0 Å². The van der Waals surface area contributed by atoms with E-state index in [4.69, 9.17) is 4.74 Å². The van der Waals surface area contributed by atoms with E-state index < -0.39 is 10.0 Å². The summed E-state index contributed by atoms with van der Waals surface area (Å²) >= 11 is 0. The van der Waals surface area contributed by atoms with E-state index in [1.807, 2.05) is 6.07 Å². The minimum absolute atomic E-state index is 0.177. The first-order valence-electron chi connectivity index (χ1n) is 7.86. The molecule has 9 heteroatoms. The molecule has 0 aliphatic carbocycles. The average Bonchev–Trinajstić information content (AvgIpc) is 2.57. The SMILES string of the molecule is CS(=O)(=O)N(CCN1CCOCC1)CC(=O)NCc1cccnc1. The molecule has 2 rings (SSSR count). The van der Waals surface area contributed by atoms with E-state index >= 15 is 0 Å². The Hall–Kier alpha value is -1.55. The van der Waals surface area contributed by atoms with Crippen molar-refractivity contribution in [2.75, 3.05) is 52.2 Å². The zero-order valence-electron chi connectivity index (χ0n) is 13.8. The fraction of sp³-hybridized carbons (Fsp3) is 0.600. The quantitative estimate of drug-likeness (QED) is 0.662. The molecule has 0 aromatic carbocycles. The van der Waals surface area contributed by atoms with Crippen LogP contribution in [0.2, 0.25) is 0 Å². The van der Waals surface area contributed by atoms with Gasteiger partial charge in [0.05, 0.1) is 26.0 Å². The maximum absolute atomic E-state index is 12.1. The summed E-state index contributed by atoms with van der Waals surface area (Å²) in [6.45, 7) is 3.91. The van der Waals surface area contributed by atoms with Crippen LogP contribution in [0.4, 0.5) is 0 Å². The number of nitrogens with one attached hydrogen (secondary N) is 1. The van der Waals surface area contributed by atoms with Gasteiger partial charge in [-0.25, -0.2) is 8.42 Å². The summed E-state index contributed by atoms with van der Waals surface area (Å²) in [5, 5.41) is 2.72. The number of amides is 1. The lowest BCUT2D eigenvalue weighted by Gasteiger charge is -2.29. The van der Waals surface area contributed by atoms with Crippen LogP contribution in [0.3, 0.4) is 0 Å². The number of aromatic nitrogens is 1. The molecule has 8 nitrogen and oxygen atoms in total. The smallest absolute Gasteiger partial charge is 0.235 e. The number of carbonyl (C=O) groups is 1. The van der Waals surface area contributed by atoms with Crippen molar-refractivity contribution in [1.82, 2.24) is 19.5 Å². The van der Waals surface area contributed by atoms with Crippen molar-refractivity contribution in [2.24, 2.45) is 0 Å². The summed E-state index contributed by atoms with van der Waals surface area (Å²) in [6.07, 6.45) is 4.44. The molecule has 2 heterocycles. The predicted octanol–water partition coefficient (Wildman–Crippen LogP) is -0.708. The Morgan fingerprint density at radius 1 is 1.42 bits per heavy atom. The van der Waals surface area contributed by atoms with Gasteiger partial charge >= 0.3 is 0 Å². The number of pyridine rings is 1. The third kappa shape index (κ3) is 6.52. The highest BCUT2D eigenvalue weighted by Gasteiger charge is 2.21. The Morgan fingerprint density at radius 3 is 2.79 bits per heavy atom. The normalized spacial score (nSPS) is 16.2. The molecule has 0 spiro atoms. The number of sulfonamides is 1. The Labute approximate surface area is 142 Å². The lowest BCUT2D eigenvalue weighted by Crippen LogP contribution is -2.45. The number of carbonyl (C=O) groups excluding carboxylic acids is 1. The first-order chi connectivity index (χ1) is 11.4. The van der Waals surface area contributed by atoms with Gasteiger partial charge in [-0.05, 0) is 11.6 Å². The van der Waals surface area contributed by atoms with Crippen molar-refractivity contribution in [2.45, 2.75) is 6.54 Å². The van der Waals surface area contributed by atoms with Crippen LogP contribution in [0.25, 0.3) is 0 Å². The Morgan fingerprint density at radius 2 is 2.17 bits per heavy atom. The van der Waals surface area contributed by atoms with Crippen molar-refractivity contribution >= 4 is 15.9 Å². The molecule has 1 amide bonds. The molecule has 1 saturated heterocycles. The molecule has 0 atom stereocenters. The van der Waals surface area contributed by atoms with E-state index in [9.17, 15) is 13.2 Å². The number of rotatable bonds is 8. The summed E-state index contributed by atoms with van der Waals surface area (Å²) in [5.41, 5.74) is 0.866. The largest absolute Gasteiger partial charge is 0.379 e. The van der Waals surface area contributed by atoms with Gasteiger partial charge in [0.25, 0.3) is 0 Å². The molecule has 1 N–H and O–H groups in total. The molecular formula is C15H24N4O4S. The van der Waals surface area contributed by atoms with Crippen molar-refractivity contribution in [3.05, 3.63) is 30.1 Å². The second-order valence-electron chi connectivity index (χ2n) is 5.69. The van der Waals surface area contributed by atoms with E-state index in [-0.39, 0.29) is 12.5 Å². The average molecular weight is 356 g/mol. The van der Waals surface area contributed by atoms with Crippen LogP contribution < -0.4 is 5.32 Å². The molecule has 24 heavy (non-hydrogen) atoms. The molecule has 1 aromatic rings. The van der Waals surface area contributed by atoms with E-state index in [0.29, 0.717) is 32.8 Å². The molecule has 0 unspecified atom stereocenters. The second-order valence-corrected chi connectivity index (χ2v) is 7.67. The zero-order chi connectivity index (χ0) is 17.4. The molecule has 1 fully saturated rings. The Kier molecular flexibility index (Phi) is 7.10. The second kappa shape index (κ2) is 9.07. The molecular weight excluding hydrogens is 332 g/mol. The van der Waals surface area contributed by atoms with Crippen LogP contribution in [0.1, 0.15) is 5.56 Å². The topological polar surface area (TPSA) is 91.8 Å². The fourth-order valence-electron chi connectivity index (χ4n) is 2.36. The first kappa shape index (κ1) is 18.8. The first-order valence-corrected chi connectivity index (χ1v) is 9.71. The van der Waals surface area contributed by atoms with Crippen LogP contribution in [-0.2, 0) is 26.1 Å². The van der Waals surface area contributed by atoms with Crippen LogP contribution in [-0.4, -0.2) is 80.7 Å². The number of nitrogens with zero attached hydrogens (tertiary/aromatic N) is 3. The van der Waals surface area contributed by atoms with Gasteiger partial charge in [0.2, 0.25) is 15.9 Å². The highest BCUT2D eigenvalue weighted by atomic mass is 32.2. The number of morpholine rings is 1. The number of hydrogen-bond acceptors (Lipinski definition) is 6. The van der Waals surface area contributed by atoms with E-state index in [2.05, 4.69) is 15.2 Å². The third-order valence-electron chi connectivity index (χ3n) is 3.77. The van der Waals surface area contributed by atoms with Gasteiger partial charge in [0.15, 0.2) is 0 Å². The third-order valence-corrected chi connectivity index (χ3v) is 5.02. The van der Waals surface area contributed by atoms with Crippen molar-refractivity contribution in [3.8, 4) is 0 Å². The highest BCUT2D eigenvalue weighted by molar-refractivity contribution is 7.88. The van der Waals surface area contributed by atoms with Crippen molar-refractivity contribution in [3.63, 3.8) is 0 Å². The maximum atomic E-state index is 12.1. The number of hydrogen-bond donors (Lipinski definition) is 1. The molecule has 1 aromatic heterocycles. The van der Waals surface area contributed by atoms with E-state index in [0.717, 1.165) is 24.9 Å².